The predicted molar refractivity (Wildman–Crippen MR) is 272 cm³/mol. The number of benzene rings is 7. The molecule has 64 heavy (non-hydrogen) atoms. The summed E-state index contributed by atoms with van der Waals surface area (Å²) in [4.78, 5) is 7.01. The van der Waals surface area contributed by atoms with Crippen molar-refractivity contribution in [2.45, 2.75) is 19.8 Å². The molecule has 7 aromatic carbocycles. The maximum absolute atomic E-state index is 9.98. The molecule has 2 N–H and O–H groups in total. The Labute approximate surface area is 374 Å². The van der Waals surface area contributed by atoms with Gasteiger partial charge in [0.1, 0.15) is 5.70 Å². The Morgan fingerprint density at radius 1 is 0.641 bits per heavy atom. The lowest BCUT2D eigenvalue weighted by molar-refractivity contribution is 0.897. The number of aliphatic imine (C=N–C) groups is 1. The van der Waals surface area contributed by atoms with Gasteiger partial charge in [-0.1, -0.05) is 128 Å². The minimum Gasteiger partial charge on any atom is -0.389 e. The Morgan fingerprint density at radius 2 is 1.25 bits per heavy atom. The van der Waals surface area contributed by atoms with E-state index in [0.717, 1.165) is 63.3 Å². The Morgan fingerprint density at radius 3 is 1.94 bits per heavy atom. The summed E-state index contributed by atoms with van der Waals surface area (Å²) in [6, 6.07) is 62.0. The lowest BCUT2D eigenvalue weighted by Gasteiger charge is -2.24. The molecule has 0 atom stereocenters. The van der Waals surface area contributed by atoms with E-state index in [0.29, 0.717) is 17.2 Å². The second-order valence-electron chi connectivity index (χ2n) is 16.1. The topological polar surface area (TPSA) is 61.3 Å². The minimum atomic E-state index is 0.419. The Kier molecular flexibility index (Phi) is 10.5. The maximum atomic E-state index is 9.98. The summed E-state index contributed by atoms with van der Waals surface area (Å²) in [6.45, 7) is 9.80. The van der Waals surface area contributed by atoms with Crippen LogP contribution in [0.15, 0.2) is 211 Å². The highest BCUT2D eigenvalue weighted by molar-refractivity contribution is 6.25. The Bertz CT molecular complexity index is 3360. The van der Waals surface area contributed by atoms with Crippen molar-refractivity contribution in [2.24, 2.45) is 4.99 Å². The molecule has 2 aromatic heterocycles. The molecular weight excluding hydrogens is 781 g/mol. The van der Waals surface area contributed by atoms with Gasteiger partial charge in [0.15, 0.2) is 5.82 Å². The van der Waals surface area contributed by atoms with Crippen LogP contribution in [0.25, 0.3) is 67.0 Å². The van der Waals surface area contributed by atoms with E-state index >= 15 is 0 Å². The van der Waals surface area contributed by atoms with Crippen LogP contribution in [0.3, 0.4) is 0 Å². The summed E-state index contributed by atoms with van der Waals surface area (Å²) in [6.07, 6.45) is 7.96. The van der Waals surface area contributed by atoms with E-state index in [1.807, 2.05) is 44.3 Å². The van der Waals surface area contributed by atoms with Crippen LogP contribution in [0.1, 0.15) is 35.7 Å². The number of likely N-dealkylation sites (N-methyl/N-ethyl adjacent to an activating group) is 1. The number of nitrogens with zero attached hydrogens (tertiary/aromatic N) is 4. The van der Waals surface area contributed by atoms with Gasteiger partial charge < -0.3 is 14.8 Å². The van der Waals surface area contributed by atoms with Gasteiger partial charge in [-0.15, -0.1) is 0 Å². The van der Waals surface area contributed by atoms with Gasteiger partial charge in [-0.2, -0.15) is 0 Å². The predicted octanol–water partition coefficient (Wildman–Crippen LogP) is 14.2. The van der Waals surface area contributed by atoms with Crippen molar-refractivity contribution in [1.82, 2.24) is 14.5 Å². The molecule has 0 saturated heterocycles. The van der Waals surface area contributed by atoms with Crippen LogP contribution in [0, 0.1) is 5.41 Å². The van der Waals surface area contributed by atoms with Crippen molar-refractivity contribution >= 4 is 74.0 Å². The van der Waals surface area contributed by atoms with Gasteiger partial charge >= 0.3 is 0 Å². The minimum absolute atomic E-state index is 0.419. The fourth-order valence-electron chi connectivity index (χ4n) is 9.42. The third-order valence-corrected chi connectivity index (χ3v) is 12.4. The second-order valence-corrected chi connectivity index (χ2v) is 16.1. The lowest BCUT2D eigenvalue weighted by atomic mass is 9.91. The second kappa shape index (κ2) is 16.9. The average Bonchev–Trinajstić information content (AvgIpc) is 3.97. The van der Waals surface area contributed by atoms with Gasteiger partial charge in [-0.3, -0.25) is 9.98 Å². The monoisotopic (exact) mass is 828 g/mol. The van der Waals surface area contributed by atoms with Crippen molar-refractivity contribution in [2.75, 3.05) is 11.9 Å². The van der Waals surface area contributed by atoms with Crippen LogP contribution in [0.2, 0.25) is 0 Å². The maximum Gasteiger partial charge on any atom is 0.163 e. The fraction of sp³-hybridized carbons (Fsp3) is 0.0690. The van der Waals surface area contributed by atoms with Gasteiger partial charge in [0.2, 0.25) is 0 Å². The Balaban J connectivity index is 0.000000642. The molecule has 1 aliphatic heterocycles. The third kappa shape index (κ3) is 6.86. The van der Waals surface area contributed by atoms with E-state index in [-0.39, 0.29) is 0 Å². The molecular formula is C58H48N6. The van der Waals surface area contributed by atoms with Gasteiger partial charge in [0, 0.05) is 57.1 Å². The van der Waals surface area contributed by atoms with Gasteiger partial charge in [-0.25, -0.2) is 4.99 Å². The van der Waals surface area contributed by atoms with Crippen molar-refractivity contribution < 1.29 is 0 Å². The molecule has 2 aliphatic rings. The number of nitrogens with one attached hydrogen (secondary N) is 2. The SMILES string of the molecule is C=C(/C=C\C)NC.C=N/C(=C1\C(=N)c2cc(-c3ccc4c(c3)c3ccccc3n4-c3ccccc3)ccc2N1c1ccccc1)n1c2c(c3ccccc31)C=C(c1ccccc1)CC2. The first-order valence-electron chi connectivity index (χ1n) is 21.8. The first kappa shape index (κ1) is 39.9. The molecule has 6 heteroatoms. The summed E-state index contributed by atoms with van der Waals surface area (Å²) >= 11 is 0. The van der Waals surface area contributed by atoms with E-state index in [2.05, 4.69) is 196 Å². The molecule has 11 rings (SSSR count). The van der Waals surface area contributed by atoms with Crippen molar-refractivity contribution in [1.29, 1.82) is 5.41 Å². The average molecular weight is 829 g/mol. The highest BCUT2D eigenvalue weighted by atomic mass is 15.2. The molecule has 9 aromatic rings. The number of para-hydroxylation sites is 4. The van der Waals surface area contributed by atoms with Crippen LogP contribution in [0.5, 0.6) is 0 Å². The number of fused-ring (bicyclic) bond motifs is 7. The first-order chi connectivity index (χ1) is 31.5. The fourth-order valence-corrected chi connectivity index (χ4v) is 9.42. The number of rotatable bonds is 8. The zero-order chi connectivity index (χ0) is 43.7. The molecule has 0 radical (unpaired) electrons. The van der Waals surface area contributed by atoms with E-state index in [4.69, 9.17) is 4.99 Å². The van der Waals surface area contributed by atoms with Crippen molar-refractivity contribution in [3.8, 4) is 16.8 Å². The summed E-state index contributed by atoms with van der Waals surface area (Å²) in [7, 11) is 1.85. The zero-order valence-corrected chi connectivity index (χ0v) is 36.1. The third-order valence-electron chi connectivity index (χ3n) is 12.4. The summed E-state index contributed by atoms with van der Waals surface area (Å²) < 4.78 is 4.60. The van der Waals surface area contributed by atoms with Crippen LogP contribution in [-0.4, -0.2) is 28.6 Å². The van der Waals surface area contributed by atoms with Crippen LogP contribution < -0.4 is 10.2 Å². The van der Waals surface area contributed by atoms with Crippen LogP contribution in [0.4, 0.5) is 11.4 Å². The molecule has 0 unspecified atom stereocenters. The van der Waals surface area contributed by atoms with Gasteiger partial charge in [-0.05, 0) is 122 Å². The summed E-state index contributed by atoms with van der Waals surface area (Å²) in [5.74, 6) is 0.658. The smallest absolute Gasteiger partial charge is 0.163 e. The molecule has 0 bridgehead atoms. The van der Waals surface area contributed by atoms with E-state index < -0.39 is 0 Å². The van der Waals surface area contributed by atoms with Crippen LogP contribution >= 0.6 is 0 Å². The summed E-state index contributed by atoms with van der Waals surface area (Å²) in [5, 5.41) is 16.4. The molecule has 3 heterocycles. The van der Waals surface area contributed by atoms with Crippen LogP contribution in [-0.2, 0) is 6.42 Å². The van der Waals surface area contributed by atoms with Gasteiger partial charge in [0.05, 0.1) is 27.9 Å². The standard InChI is InChI=1S/C52H37N5.C6H11N/c1-54-52(57-46-24-14-12-22-41(46)43-31-35(25-29-48(43)57)34-15-5-2-6-16-34)51-50(53)44-33-37(27-30-49(44)56(51)39-19-9-4-10-20-39)36-26-28-47-42(32-36)40-21-11-13-23-45(40)55(47)38-17-7-3-8-18-38;1-4-5-6(2)7-3/h2-24,26-28,30-33,53H,1,25,29H2;4-5,7H,2H2,1,3H3/b52-51-,53-50?;5-4-. The van der Waals surface area contributed by atoms with E-state index in [9.17, 15) is 5.41 Å². The van der Waals surface area contributed by atoms with E-state index in [1.165, 1.54) is 44.1 Å². The first-order valence-corrected chi connectivity index (χ1v) is 21.8. The molecule has 6 nitrogen and oxygen atoms in total. The number of hydrogen-bond acceptors (Lipinski definition) is 4. The van der Waals surface area contributed by atoms with Gasteiger partial charge in [0.25, 0.3) is 0 Å². The molecule has 0 spiro atoms. The quantitative estimate of drug-likeness (QED) is 0.118. The molecule has 0 saturated carbocycles. The molecule has 310 valence electrons. The lowest BCUT2D eigenvalue weighted by Crippen LogP contribution is -2.19. The highest BCUT2D eigenvalue weighted by Crippen LogP contribution is 2.47. The largest absolute Gasteiger partial charge is 0.389 e. The molecule has 0 amide bonds. The molecule has 0 fully saturated rings. The normalized spacial score (nSPS) is 14.0. The number of hydrogen-bond donors (Lipinski definition) is 2. The number of aromatic nitrogens is 2. The highest BCUT2D eigenvalue weighted by Gasteiger charge is 2.36. The summed E-state index contributed by atoms with van der Waals surface area (Å²) in [5.41, 5.74) is 16.5. The van der Waals surface area contributed by atoms with Crippen molar-refractivity contribution in [3.05, 3.63) is 228 Å². The molecule has 1 aliphatic carbocycles. The van der Waals surface area contributed by atoms with Crippen molar-refractivity contribution in [3.63, 3.8) is 0 Å². The Hall–Kier alpha value is -8.22. The number of allylic oxidation sites excluding steroid dienone is 4. The van der Waals surface area contributed by atoms with E-state index in [1.54, 1.807) is 0 Å². The number of anilines is 2. The zero-order valence-electron chi connectivity index (χ0n) is 36.1.